The third-order valence-electron chi connectivity index (χ3n) is 3.65. The number of aromatic nitrogens is 3. The molecule has 0 saturated heterocycles. The summed E-state index contributed by atoms with van der Waals surface area (Å²) in [5, 5.41) is 4.59. The maximum atomic E-state index is 6.02. The zero-order valence-corrected chi connectivity index (χ0v) is 9.02. The molecule has 1 unspecified atom stereocenters. The van der Waals surface area contributed by atoms with Crippen LogP contribution in [0.1, 0.15) is 62.3 Å². The summed E-state index contributed by atoms with van der Waals surface area (Å²) in [6, 6.07) is 0. The Morgan fingerprint density at radius 2 is 1.93 bits per heavy atom. The second-order valence-corrected chi connectivity index (χ2v) is 4.77. The number of aryl methyl sites for hydroxylation is 1. The van der Waals surface area contributed by atoms with Gasteiger partial charge in [-0.05, 0) is 25.7 Å². The average Bonchev–Trinajstić information content (AvgIpc) is 2.86. The standard InChI is InChI=1S/C11H18N4/c12-9-6-3-7-10-13-11(14-15(9)10)8-4-1-2-5-8/h8-9H,1-7,12H2. The second-order valence-electron chi connectivity index (χ2n) is 4.77. The topological polar surface area (TPSA) is 56.7 Å². The lowest BCUT2D eigenvalue weighted by molar-refractivity contribution is 0.370. The molecule has 2 heterocycles. The van der Waals surface area contributed by atoms with Gasteiger partial charge in [0.05, 0.1) is 0 Å². The highest BCUT2D eigenvalue weighted by molar-refractivity contribution is 5.03. The number of hydrogen-bond acceptors (Lipinski definition) is 3. The van der Waals surface area contributed by atoms with Gasteiger partial charge in [0, 0.05) is 12.3 Å². The molecule has 1 saturated carbocycles. The predicted octanol–water partition coefficient (Wildman–Crippen LogP) is 1.73. The Morgan fingerprint density at radius 1 is 1.13 bits per heavy atom. The third-order valence-corrected chi connectivity index (χ3v) is 3.65. The Bertz CT molecular complexity index is 351. The Morgan fingerprint density at radius 3 is 2.67 bits per heavy atom. The fraction of sp³-hybridized carbons (Fsp3) is 0.818. The summed E-state index contributed by atoms with van der Waals surface area (Å²) < 4.78 is 1.96. The quantitative estimate of drug-likeness (QED) is 0.761. The van der Waals surface area contributed by atoms with Gasteiger partial charge in [-0.2, -0.15) is 5.10 Å². The summed E-state index contributed by atoms with van der Waals surface area (Å²) in [6.45, 7) is 0. The average molecular weight is 206 g/mol. The fourth-order valence-corrected chi connectivity index (χ4v) is 2.76. The van der Waals surface area contributed by atoms with Gasteiger partial charge in [0.15, 0.2) is 5.82 Å². The first-order valence-electron chi connectivity index (χ1n) is 6.05. The van der Waals surface area contributed by atoms with Gasteiger partial charge in [-0.25, -0.2) is 9.67 Å². The largest absolute Gasteiger partial charge is 0.310 e. The molecule has 4 heteroatoms. The van der Waals surface area contributed by atoms with Crippen LogP contribution < -0.4 is 5.73 Å². The molecule has 2 N–H and O–H groups in total. The van der Waals surface area contributed by atoms with Crippen molar-refractivity contribution in [2.24, 2.45) is 5.73 Å². The maximum absolute atomic E-state index is 6.02. The summed E-state index contributed by atoms with van der Waals surface area (Å²) in [5.74, 6) is 2.77. The van der Waals surface area contributed by atoms with Crippen LogP contribution in [0.25, 0.3) is 0 Å². The van der Waals surface area contributed by atoms with Crippen molar-refractivity contribution >= 4 is 0 Å². The van der Waals surface area contributed by atoms with Crippen LogP contribution in [0.5, 0.6) is 0 Å². The molecule has 15 heavy (non-hydrogen) atoms. The van der Waals surface area contributed by atoms with Gasteiger partial charge in [0.25, 0.3) is 0 Å². The Hall–Kier alpha value is -0.900. The Kier molecular flexibility index (Phi) is 2.24. The molecule has 0 spiro atoms. The molecule has 4 nitrogen and oxygen atoms in total. The molecule has 1 aliphatic heterocycles. The first kappa shape index (κ1) is 9.33. The number of hydrogen-bond donors (Lipinski definition) is 1. The molecule has 0 amide bonds. The van der Waals surface area contributed by atoms with E-state index < -0.39 is 0 Å². The summed E-state index contributed by atoms with van der Waals surface area (Å²) >= 11 is 0. The van der Waals surface area contributed by atoms with Gasteiger partial charge >= 0.3 is 0 Å². The van der Waals surface area contributed by atoms with Crippen LogP contribution in [0.15, 0.2) is 0 Å². The molecule has 0 aromatic carbocycles. The number of fused-ring (bicyclic) bond motifs is 1. The van der Waals surface area contributed by atoms with Crippen LogP contribution >= 0.6 is 0 Å². The van der Waals surface area contributed by atoms with Gasteiger partial charge in [0.1, 0.15) is 12.0 Å². The van der Waals surface area contributed by atoms with E-state index >= 15 is 0 Å². The number of nitrogens with two attached hydrogens (primary N) is 1. The molecule has 1 atom stereocenters. The van der Waals surface area contributed by atoms with E-state index in [1.54, 1.807) is 0 Å². The van der Waals surface area contributed by atoms with Crippen LogP contribution in [-0.4, -0.2) is 14.8 Å². The highest BCUT2D eigenvalue weighted by Gasteiger charge is 2.25. The zero-order chi connectivity index (χ0) is 10.3. The van der Waals surface area contributed by atoms with Crippen molar-refractivity contribution in [2.45, 2.75) is 57.0 Å². The second kappa shape index (κ2) is 3.59. The lowest BCUT2D eigenvalue weighted by atomic mass is 10.1. The fourth-order valence-electron chi connectivity index (χ4n) is 2.76. The van der Waals surface area contributed by atoms with Gasteiger partial charge in [-0.3, -0.25) is 0 Å². The van der Waals surface area contributed by atoms with Crippen molar-refractivity contribution in [3.05, 3.63) is 11.6 Å². The summed E-state index contributed by atoms with van der Waals surface area (Å²) in [4.78, 5) is 4.66. The molecule has 0 bridgehead atoms. The third kappa shape index (κ3) is 1.57. The lowest BCUT2D eigenvalue weighted by Gasteiger charge is -2.18. The molecule has 82 valence electrons. The summed E-state index contributed by atoms with van der Waals surface area (Å²) in [5.41, 5.74) is 6.02. The normalized spacial score (nSPS) is 26.9. The van der Waals surface area contributed by atoms with E-state index in [-0.39, 0.29) is 6.17 Å². The van der Waals surface area contributed by atoms with E-state index in [4.69, 9.17) is 5.73 Å². The molecular weight excluding hydrogens is 188 g/mol. The predicted molar refractivity (Wildman–Crippen MR) is 57.4 cm³/mol. The van der Waals surface area contributed by atoms with Gasteiger partial charge in [0.2, 0.25) is 0 Å². The SMILES string of the molecule is NC1CCCc2nc(C3CCCC3)nn21. The minimum atomic E-state index is 0.0661. The summed E-state index contributed by atoms with van der Waals surface area (Å²) in [6.07, 6.45) is 8.51. The van der Waals surface area contributed by atoms with Crippen LogP contribution in [0, 0.1) is 0 Å². The van der Waals surface area contributed by atoms with Gasteiger partial charge in [-0.1, -0.05) is 12.8 Å². The van der Waals surface area contributed by atoms with E-state index in [1.165, 1.54) is 25.7 Å². The van der Waals surface area contributed by atoms with Crippen molar-refractivity contribution in [2.75, 3.05) is 0 Å². The van der Waals surface area contributed by atoms with E-state index in [0.717, 1.165) is 30.9 Å². The van der Waals surface area contributed by atoms with E-state index in [0.29, 0.717) is 5.92 Å². The molecule has 3 rings (SSSR count). The zero-order valence-electron chi connectivity index (χ0n) is 9.02. The highest BCUT2D eigenvalue weighted by atomic mass is 15.4. The monoisotopic (exact) mass is 206 g/mol. The summed E-state index contributed by atoms with van der Waals surface area (Å²) in [7, 11) is 0. The lowest BCUT2D eigenvalue weighted by Crippen LogP contribution is -2.25. The molecule has 1 fully saturated rings. The van der Waals surface area contributed by atoms with Crippen LogP contribution in [0.2, 0.25) is 0 Å². The smallest absolute Gasteiger partial charge is 0.154 e. The molecule has 0 radical (unpaired) electrons. The minimum Gasteiger partial charge on any atom is -0.310 e. The van der Waals surface area contributed by atoms with E-state index in [2.05, 4.69) is 10.1 Å². The van der Waals surface area contributed by atoms with Crippen LogP contribution in [-0.2, 0) is 6.42 Å². The molecule has 1 aliphatic carbocycles. The van der Waals surface area contributed by atoms with Gasteiger partial charge in [-0.15, -0.1) is 0 Å². The van der Waals surface area contributed by atoms with Crippen molar-refractivity contribution in [1.82, 2.24) is 14.8 Å². The van der Waals surface area contributed by atoms with Crippen LogP contribution in [0.4, 0.5) is 0 Å². The van der Waals surface area contributed by atoms with Crippen molar-refractivity contribution in [3.8, 4) is 0 Å². The number of nitrogens with zero attached hydrogens (tertiary/aromatic N) is 3. The van der Waals surface area contributed by atoms with Crippen molar-refractivity contribution in [3.63, 3.8) is 0 Å². The maximum Gasteiger partial charge on any atom is 0.154 e. The molecule has 1 aromatic rings. The van der Waals surface area contributed by atoms with Crippen LogP contribution in [0.3, 0.4) is 0 Å². The highest BCUT2D eigenvalue weighted by Crippen LogP contribution is 2.33. The molecule has 2 aliphatic rings. The van der Waals surface area contributed by atoms with Crippen molar-refractivity contribution in [1.29, 1.82) is 0 Å². The molecule has 1 aromatic heterocycles. The molecular formula is C11H18N4. The van der Waals surface area contributed by atoms with Gasteiger partial charge < -0.3 is 5.73 Å². The Labute approximate surface area is 89.9 Å². The Balaban J connectivity index is 1.90. The minimum absolute atomic E-state index is 0.0661. The number of rotatable bonds is 1. The van der Waals surface area contributed by atoms with Crippen molar-refractivity contribution < 1.29 is 0 Å². The van der Waals surface area contributed by atoms with E-state index in [1.807, 2.05) is 4.68 Å². The first-order chi connectivity index (χ1) is 7.34. The first-order valence-corrected chi connectivity index (χ1v) is 6.05. The van der Waals surface area contributed by atoms with E-state index in [9.17, 15) is 0 Å².